The summed E-state index contributed by atoms with van der Waals surface area (Å²) in [6.45, 7) is 4.63. The number of benzene rings is 2. The van der Waals surface area contributed by atoms with Crippen molar-refractivity contribution < 1.29 is 0 Å². The summed E-state index contributed by atoms with van der Waals surface area (Å²) in [6, 6.07) is 17.2. The van der Waals surface area contributed by atoms with Crippen LogP contribution in [0.4, 0.5) is 0 Å². The monoisotopic (exact) mass is 361 g/mol. The molecule has 0 aliphatic rings. The van der Waals surface area contributed by atoms with Gasteiger partial charge in [-0.1, -0.05) is 55.5 Å². The van der Waals surface area contributed by atoms with E-state index in [9.17, 15) is 0 Å². The van der Waals surface area contributed by atoms with Crippen LogP contribution < -0.4 is 10.6 Å². The van der Waals surface area contributed by atoms with Crippen molar-refractivity contribution in [2.24, 2.45) is 4.99 Å². The molecule has 0 saturated heterocycles. The second-order valence-corrected chi connectivity index (χ2v) is 6.44. The van der Waals surface area contributed by atoms with Gasteiger partial charge >= 0.3 is 0 Å². The molecule has 140 valence electrons. The number of imidazole rings is 1. The molecule has 2 N–H and O–H groups in total. The zero-order chi connectivity index (χ0) is 18.9. The van der Waals surface area contributed by atoms with Crippen LogP contribution in [0.5, 0.6) is 0 Å². The van der Waals surface area contributed by atoms with Crippen molar-refractivity contribution in [2.45, 2.75) is 26.4 Å². The lowest BCUT2D eigenvalue weighted by Gasteiger charge is -2.14. The molecule has 0 atom stereocenters. The largest absolute Gasteiger partial charge is 0.356 e. The van der Waals surface area contributed by atoms with Crippen LogP contribution in [-0.2, 0) is 13.1 Å². The Morgan fingerprint density at radius 3 is 2.59 bits per heavy atom. The fourth-order valence-electron chi connectivity index (χ4n) is 2.98. The van der Waals surface area contributed by atoms with Gasteiger partial charge in [0.05, 0.1) is 6.33 Å². The number of rotatable bonds is 7. The number of hydrogen-bond acceptors (Lipinski definition) is 2. The van der Waals surface area contributed by atoms with Gasteiger partial charge in [0.15, 0.2) is 5.96 Å². The predicted octanol–water partition coefficient (Wildman–Crippen LogP) is 3.67. The third kappa shape index (κ3) is 5.20. The molecule has 0 bridgehead atoms. The van der Waals surface area contributed by atoms with Gasteiger partial charge in [0.1, 0.15) is 0 Å². The molecule has 0 fully saturated rings. The molecule has 1 heterocycles. The van der Waals surface area contributed by atoms with Gasteiger partial charge in [-0.15, -0.1) is 0 Å². The van der Waals surface area contributed by atoms with E-state index in [1.54, 1.807) is 13.2 Å². The molecule has 2 aromatic carbocycles. The minimum atomic E-state index is 0.732. The standard InChI is InChI=1S/C22H27N5/c1-3-12-25-22(23-2)26-15-20-6-4-5-7-21(20)19-10-8-18(9-11-19)16-27-14-13-24-17-27/h4-11,13-14,17H,3,12,15-16H2,1-2H3,(H2,23,25,26). The van der Waals surface area contributed by atoms with E-state index in [0.29, 0.717) is 0 Å². The molecule has 27 heavy (non-hydrogen) atoms. The molecule has 0 aliphatic carbocycles. The second-order valence-electron chi connectivity index (χ2n) is 6.44. The van der Waals surface area contributed by atoms with E-state index in [1.165, 1.54) is 22.3 Å². The van der Waals surface area contributed by atoms with Crippen LogP contribution in [0.2, 0.25) is 0 Å². The van der Waals surface area contributed by atoms with E-state index < -0.39 is 0 Å². The maximum atomic E-state index is 4.28. The highest BCUT2D eigenvalue weighted by atomic mass is 15.2. The van der Waals surface area contributed by atoms with Crippen LogP contribution in [-0.4, -0.2) is 29.1 Å². The summed E-state index contributed by atoms with van der Waals surface area (Å²) in [7, 11) is 1.80. The Labute approximate surface area is 161 Å². The summed E-state index contributed by atoms with van der Waals surface area (Å²) in [5.74, 6) is 0.835. The third-order valence-corrected chi connectivity index (χ3v) is 4.42. The first-order valence-corrected chi connectivity index (χ1v) is 9.37. The maximum Gasteiger partial charge on any atom is 0.191 e. The summed E-state index contributed by atoms with van der Waals surface area (Å²) in [5.41, 5.74) is 4.97. The van der Waals surface area contributed by atoms with Crippen molar-refractivity contribution in [1.29, 1.82) is 0 Å². The molecule has 3 aromatic rings. The quantitative estimate of drug-likeness (QED) is 0.499. The molecular formula is C22H27N5. The SMILES string of the molecule is CCCNC(=NC)NCc1ccccc1-c1ccc(Cn2ccnc2)cc1. The topological polar surface area (TPSA) is 54.2 Å². The molecule has 0 saturated carbocycles. The van der Waals surface area contributed by atoms with Crippen LogP contribution in [0, 0.1) is 0 Å². The van der Waals surface area contributed by atoms with Crippen LogP contribution in [0.3, 0.4) is 0 Å². The summed E-state index contributed by atoms with van der Waals surface area (Å²) in [5, 5.41) is 6.71. The van der Waals surface area contributed by atoms with Crippen molar-refractivity contribution in [3.63, 3.8) is 0 Å². The molecule has 0 spiro atoms. The van der Waals surface area contributed by atoms with Crippen molar-refractivity contribution >= 4 is 5.96 Å². The van der Waals surface area contributed by atoms with Crippen LogP contribution in [0.25, 0.3) is 11.1 Å². The molecule has 0 aliphatic heterocycles. The molecule has 5 nitrogen and oxygen atoms in total. The highest BCUT2D eigenvalue weighted by Crippen LogP contribution is 2.24. The maximum absolute atomic E-state index is 4.28. The average Bonchev–Trinajstić information content (AvgIpc) is 3.22. The van der Waals surface area contributed by atoms with Crippen molar-refractivity contribution in [1.82, 2.24) is 20.2 Å². The van der Waals surface area contributed by atoms with Crippen molar-refractivity contribution in [3.05, 3.63) is 78.4 Å². The highest BCUT2D eigenvalue weighted by molar-refractivity contribution is 5.80. The van der Waals surface area contributed by atoms with Gasteiger partial charge in [0, 0.05) is 39.1 Å². The van der Waals surface area contributed by atoms with Gasteiger partial charge in [0.25, 0.3) is 0 Å². The number of nitrogens with zero attached hydrogens (tertiary/aromatic N) is 3. The lowest BCUT2D eigenvalue weighted by atomic mass is 9.98. The summed E-state index contributed by atoms with van der Waals surface area (Å²) < 4.78 is 2.07. The first-order valence-electron chi connectivity index (χ1n) is 9.37. The minimum absolute atomic E-state index is 0.732. The summed E-state index contributed by atoms with van der Waals surface area (Å²) in [4.78, 5) is 8.37. The molecular weight excluding hydrogens is 334 g/mol. The Bertz CT molecular complexity index is 851. The highest BCUT2D eigenvalue weighted by Gasteiger charge is 2.06. The van der Waals surface area contributed by atoms with Gasteiger partial charge < -0.3 is 15.2 Å². The van der Waals surface area contributed by atoms with Gasteiger partial charge in [-0.3, -0.25) is 4.99 Å². The minimum Gasteiger partial charge on any atom is -0.356 e. The Morgan fingerprint density at radius 2 is 1.89 bits per heavy atom. The third-order valence-electron chi connectivity index (χ3n) is 4.42. The number of hydrogen-bond donors (Lipinski definition) is 2. The fraction of sp³-hybridized carbons (Fsp3) is 0.273. The van der Waals surface area contributed by atoms with Gasteiger partial charge in [0.2, 0.25) is 0 Å². The van der Waals surface area contributed by atoms with E-state index >= 15 is 0 Å². The molecule has 0 unspecified atom stereocenters. The van der Waals surface area contributed by atoms with E-state index in [2.05, 4.69) is 80.6 Å². The smallest absolute Gasteiger partial charge is 0.191 e. The van der Waals surface area contributed by atoms with Crippen molar-refractivity contribution in [2.75, 3.05) is 13.6 Å². The normalized spacial score (nSPS) is 11.4. The first-order chi connectivity index (χ1) is 13.3. The zero-order valence-corrected chi connectivity index (χ0v) is 16.0. The number of guanidine groups is 1. The van der Waals surface area contributed by atoms with E-state index in [-0.39, 0.29) is 0 Å². The molecule has 5 heteroatoms. The number of aliphatic imine (C=N–C) groups is 1. The Balaban J connectivity index is 1.71. The Morgan fingerprint density at radius 1 is 1.07 bits per heavy atom. The average molecular weight is 361 g/mol. The molecule has 1 aromatic heterocycles. The Kier molecular flexibility index (Phi) is 6.63. The lowest BCUT2D eigenvalue weighted by molar-refractivity contribution is 0.782. The number of nitrogens with one attached hydrogen (secondary N) is 2. The fourth-order valence-corrected chi connectivity index (χ4v) is 2.98. The van der Waals surface area contributed by atoms with Crippen LogP contribution in [0.1, 0.15) is 24.5 Å². The zero-order valence-electron chi connectivity index (χ0n) is 16.0. The van der Waals surface area contributed by atoms with Crippen LogP contribution in [0.15, 0.2) is 72.2 Å². The summed E-state index contributed by atoms with van der Waals surface area (Å²) >= 11 is 0. The first kappa shape index (κ1) is 18.7. The van der Waals surface area contributed by atoms with E-state index in [1.807, 2.05) is 12.5 Å². The van der Waals surface area contributed by atoms with Gasteiger partial charge in [-0.25, -0.2) is 4.98 Å². The number of aromatic nitrogens is 2. The van der Waals surface area contributed by atoms with Gasteiger partial charge in [-0.05, 0) is 28.7 Å². The molecule has 3 rings (SSSR count). The molecule has 0 amide bonds. The molecule has 0 radical (unpaired) electrons. The lowest BCUT2D eigenvalue weighted by Crippen LogP contribution is -2.37. The van der Waals surface area contributed by atoms with E-state index in [4.69, 9.17) is 0 Å². The van der Waals surface area contributed by atoms with Crippen LogP contribution >= 0.6 is 0 Å². The summed E-state index contributed by atoms with van der Waals surface area (Å²) in [6.07, 6.45) is 6.70. The van der Waals surface area contributed by atoms with E-state index in [0.717, 1.165) is 32.0 Å². The van der Waals surface area contributed by atoms with Crippen molar-refractivity contribution in [3.8, 4) is 11.1 Å². The Hall–Kier alpha value is -3.08. The van der Waals surface area contributed by atoms with Gasteiger partial charge in [-0.2, -0.15) is 0 Å². The predicted molar refractivity (Wildman–Crippen MR) is 112 cm³/mol. The second kappa shape index (κ2) is 9.57.